The fourth-order valence-electron chi connectivity index (χ4n) is 2.68. The highest BCUT2D eigenvalue weighted by molar-refractivity contribution is 6.11. The number of hydrogen-bond donors (Lipinski definition) is 1. The van der Waals surface area contributed by atoms with Crippen LogP contribution in [0.4, 0.5) is 5.69 Å². The van der Waals surface area contributed by atoms with Crippen molar-refractivity contribution in [2.24, 2.45) is 0 Å². The first-order valence-corrected chi connectivity index (χ1v) is 6.79. The third-order valence-electron chi connectivity index (χ3n) is 3.79. The SMILES string of the molecule is Cc1ccc(N2C(=O)c3ccccc3CC2C(=O)O)cc1. The highest BCUT2D eigenvalue weighted by Crippen LogP contribution is 2.28. The Morgan fingerprint density at radius 2 is 1.81 bits per heavy atom. The molecule has 1 heterocycles. The maximum Gasteiger partial charge on any atom is 0.327 e. The topological polar surface area (TPSA) is 57.6 Å². The fraction of sp³-hybridized carbons (Fsp3) is 0.176. The van der Waals surface area contributed by atoms with E-state index in [4.69, 9.17) is 0 Å². The molecule has 1 N–H and O–H groups in total. The second-order valence-corrected chi connectivity index (χ2v) is 5.23. The number of anilines is 1. The van der Waals surface area contributed by atoms with Gasteiger partial charge in [-0.2, -0.15) is 0 Å². The van der Waals surface area contributed by atoms with Gasteiger partial charge in [0.2, 0.25) is 0 Å². The molecule has 0 saturated carbocycles. The van der Waals surface area contributed by atoms with Crippen LogP contribution in [0, 0.1) is 6.92 Å². The van der Waals surface area contributed by atoms with Crippen LogP contribution in [0.3, 0.4) is 0 Å². The Balaban J connectivity index is 2.10. The molecule has 0 bridgehead atoms. The van der Waals surface area contributed by atoms with Gasteiger partial charge >= 0.3 is 5.97 Å². The first-order chi connectivity index (χ1) is 10.1. The van der Waals surface area contributed by atoms with Gasteiger partial charge in [0.25, 0.3) is 5.91 Å². The van der Waals surface area contributed by atoms with Gasteiger partial charge in [0, 0.05) is 17.7 Å². The first-order valence-electron chi connectivity index (χ1n) is 6.79. The van der Waals surface area contributed by atoms with Gasteiger partial charge < -0.3 is 5.11 Å². The van der Waals surface area contributed by atoms with Crippen molar-refractivity contribution in [3.8, 4) is 0 Å². The molecule has 3 rings (SSSR count). The van der Waals surface area contributed by atoms with Crippen molar-refractivity contribution in [2.45, 2.75) is 19.4 Å². The number of nitrogens with zero attached hydrogens (tertiary/aromatic N) is 1. The van der Waals surface area contributed by atoms with Crippen LogP contribution in [0.2, 0.25) is 0 Å². The van der Waals surface area contributed by atoms with Crippen LogP contribution in [0.1, 0.15) is 21.5 Å². The summed E-state index contributed by atoms with van der Waals surface area (Å²) in [5.74, 6) is -1.24. The average Bonchev–Trinajstić information content (AvgIpc) is 2.48. The zero-order valence-electron chi connectivity index (χ0n) is 11.6. The molecule has 21 heavy (non-hydrogen) atoms. The molecule has 0 saturated heterocycles. The monoisotopic (exact) mass is 281 g/mol. The quantitative estimate of drug-likeness (QED) is 0.920. The van der Waals surface area contributed by atoms with E-state index in [0.717, 1.165) is 11.1 Å². The second-order valence-electron chi connectivity index (χ2n) is 5.23. The van der Waals surface area contributed by atoms with Gasteiger partial charge in [-0.25, -0.2) is 4.79 Å². The van der Waals surface area contributed by atoms with Crippen molar-refractivity contribution in [2.75, 3.05) is 4.90 Å². The molecule has 2 aromatic rings. The van der Waals surface area contributed by atoms with E-state index < -0.39 is 12.0 Å². The van der Waals surface area contributed by atoms with Gasteiger partial charge in [-0.3, -0.25) is 9.69 Å². The Kier molecular flexibility index (Phi) is 3.22. The molecular formula is C17H15NO3. The molecule has 0 aromatic heterocycles. The van der Waals surface area contributed by atoms with Crippen molar-refractivity contribution in [1.29, 1.82) is 0 Å². The number of benzene rings is 2. The summed E-state index contributed by atoms with van der Waals surface area (Å²) in [6.45, 7) is 1.95. The van der Waals surface area contributed by atoms with Crippen LogP contribution < -0.4 is 4.90 Å². The number of carboxylic acids is 1. The molecule has 0 aliphatic carbocycles. The van der Waals surface area contributed by atoms with E-state index in [1.54, 1.807) is 24.3 Å². The molecule has 1 unspecified atom stereocenters. The zero-order chi connectivity index (χ0) is 15.0. The summed E-state index contributed by atoms with van der Waals surface area (Å²) in [6, 6.07) is 13.7. The van der Waals surface area contributed by atoms with E-state index in [2.05, 4.69) is 0 Å². The third kappa shape index (κ3) is 2.29. The zero-order valence-corrected chi connectivity index (χ0v) is 11.6. The van der Waals surface area contributed by atoms with Crippen LogP contribution in [0.5, 0.6) is 0 Å². The summed E-state index contributed by atoms with van der Waals surface area (Å²) in [7, 11) is 0. The smallest absolute Gasteiger partial charge is 0.327 e. The predicted molar refractivity (Wildman–Crippen MR) is 79.6 cm³/mol. The number of hydrogen-bond acceptors (Lipinski definition) is 2. The normalized spacial score (nSPS) is 17.5. The fourth-order valence-corrected chi connectivity index (χ4v) is 2.68. The molecule has 4 nitrogen and oxygen atoms in total. The molecule has 0 radical (unpaired) electrons. The lowest BCUT2D eigenvalue weighted by Crippen LogP contribution is -2.50. The molecule has 2 aromatic carbocycles. The molecule has 106 valence electrons. The number of amides is 1. The summed E-state index contributed by atoms with van der Waals surface area (Å²) < 4.78 is 0. The van der Waals surface area contributed by atoms with Gasteiger partial charge in [-0.05, 0) is 30.7 Å². The first kappa shape index (κ1) is 13.4. The summed E-state index contributed by atoms with van der Waals surface area (Å²) >= 11 is 0. The van der Waals surface area contributed by atoms with Crippen molar-refractivity contribution >= 4 is 17.6 Å². The predicted octanol–water partition coefficient (Wildman–Crippen LogP) is 2.65. The van der Waals surface area contributed by atoms with Crippen molar-refractivity contribution < 1.29 is 14.7 Å². The van der Waals surface area contributed by atoms with Crippen LogP contribution >= 0.6 is 0 Å². The maximum absolute atomic E-state index is 12.7. The van der Waals surface area contributed by atoms with E-state index in [1.165, 1.54) is 4.90 Å². The highest BCUT2D eigenvalue weighted by Gasteiger charge is 2.37. The number of carbonyl (C=O) groups is 2. The van der Waals surface area contributed by atoms with Crippen LogP contribution in [0.25, 0.3) is 0 Å². The molecule has 0 fully saturated rings. The van der Waals surface area contributed by atoms with Crippen molar-refractivity contribution in [3.05, 3.63) is 65.2 Å². The summed E-state index contributed by atoms with van der Waals surface area (Å²) in [4.78, 5) is 25.6. The minimum absolute atomic E-state index is 0.256. The van der Waals surface area contributed by atoms with Crippen molar-refractivity contribution in [3.63, 3.8) is 0 Å². The molecule has 1 aliphatic heterocycles. The van der Waals surface area contributed by atoms with E-state index in [1.807, 2.05) is 31.2 Å². The standard InChI is InChI=1S/C17H15NO3/c1-11-6-8-13(9-7-11)18-15(17(20)21)10-12-4-2-3-5-14(12)16(18)19/h2-9,15H,10H2,1H3,(H,20,21). The van der Waals surface area contributed by atoms with Gasteiger partial charge in [0.15, 0.2) is 0 Å². The number of rotatable bonds is 2. The van der Waals surface area contributed by atoms with E-state index in [-0.39, 0.29) is 5.91 Å². The second kappa shape index (κ2) is 5.05. The Labute approximate surface area is 122 Å². The summed E-state index contributed by atoms with van der Waals surface area (Å²) in [5, 5.41) is 9.47. The number of aryl methyl sites for hydroxylation is 1. The Bertz CT molecular complexity index is 706. The molecule has 0 spiro atoms. The largest absolute Gasteiger partial charge is 0.480 e. The molecule has 1 atom stereocenters. The maximum atomic E-state index is 12.7. The van der Waals surface area contributed by atoms with Crippen LogP contribution in [-0.2, 0) is 11.2 Å². The lowest BCUT2D eigenvalue weighted by Gasteiger charge is -2.34. The minimum atomic E-state index is -0.988. The number of carboxylic acid groups (broad SMARTS) is 1. The van der Waals surface area contributed by atoms with Crippen LogP contribution in [0.15, 0.2) is 48.5 Å². The Morgan fingerprint density at radius 1 is 1.14 bits per heavy atom. The van der Waals surface area contributed by atoms with Gasteiger partial charge in [0.1, 0.15) is 6.04 Å². The molecule has 1 aliphatic rings. The summed E-state index contributed by atoms with van der Waals surface area (Å²) in [5.41, 5.74) is 3.05. The molecular weight excluding hydrogens is 266 g/mol. The average molecular weight is 281 g/mol. The van der Waals surface area contributed by atoms with Crippen LogP contribution in [-0.4, -0.2) is 23.0 Å². The lowest BCUT2D eigenvalue weighted by atomic mass is 9.92. The van der Waals surface area contributed by atoms with Crippen molar-refractivity contribution in [1.82, 2.24) is 0 Å². The van der Waals surface area contributed by atoms with E-state index >= 15 is 0 Å². The third-order valence-corrected chi connectivity index (χ3v) is 3.79. The number of carbonyl (C=O) groups excluding carboxylic acids is 1. The summed E-state index contributed by atoms with van der Waals surface area (Å²) in [6.07, 6.45) is 0.325. The highest BCUT2D eigenvalue weighted by atomic mass is 16.4. The Morgan fingerprint density at radius 3 is 2.48 bits per heavy atom. The minimum Gasteiger partial charge on any atom is -0.480 e. The number of aliphatic carboxylic acids is 1. The van der Waals surface area contributed by atoms with Gasteiger partial charge in [0.05, 0.1) is 0 Å². The van der Waals surface area contributed by atoms with E-state index in [9.17, 15) is 14.7 Å². The molecule has 1 amide bonds. The molecule has 4 heteroatoms. The number of fused-ring (bicyclic) bond motifs is 1. The Hall–Kier alpha value is -2.62. The van der Waals surface area contributed by atoms with E-state index in [0.29, 0.717) is 17.7 Å². The lowest BCUT2D eigenvalue weighted by molar-refractivity contribution is -0.138. The van der Waals surface area contributed by atoms with Gasteiger partial charge in [-0.15, -0.1) is 0 Å². The van der Waals surface area contributed by atoms with Gasteiger partial charge in [-0.1, -0.05) is 35.9 Å².